The molecule has 0 radical (unpaired) electrons. The van der Waals surface area contributed by atoms with Crippen molar-refractivity contribution in [1.29, 1.82) is 0 Å². The number of hydrogen-bond acceptors (Lipinski definition) is 3. The Labute approximate surface area is 107 Å². The van der Waals surface area contributed by atoms with Crippen LogP contribution < -0.4 is 11.5 Å². The molecule has 4 N–H and O–H groups in total. The predicted octanol–water partition coefficient (Wildman–Crippen LogP) is 1.37. The van der Waals surface area contributed by atoms with Gasteiger partial charge in [0.25, 0.3) is 5.91 Å². The number of anilines is 1. The number of halogens is 1. The van der Waals surface area contributed by atoms with Crippen LogP contribution in [0, 0.1) is 0 Å². The Balaban J connectivity index is 2.30. The molecule has 0 saturated heterocycles. The first-order valence-corrected chi connectivity index (χ1v) is 5.74. The second-order valence-corrected chi connectivity index (χ2v) is 4.42. The molecule has 17 heavy (non-hydrogen) atoms. The van der Waals surface area contributed by atoms with E-state index in [1.165, 1.54) is 6.07 Å². The van der Waals surface area contributed by atoms with Gasteiger partial charge in [-0.3, -0.25) is 4.79 Å². The lowest BCUT2D eigenvalue weighted by molar-refractivity contribution is 0.0995. The molecule has 1 amide bonds. The summed E-state index contributed by atoms with van der Waals surface area (Å²) >= 11 is 3.44. The summed E-state index contributed by atoms with van der Waals surface area (Å²) in [5.41, 5.74) is 12.1. The Hall–Kier alpha value is -1.82. The molecular formula is C11H11BrN4O. The van der Waals surface area contributed by atoms with E-state index in [-0.39, 0.29) is 5.69 Å². The summed E-state index contributed by atoms with van der Waals surface area (Å²) in [6.45, 7) is 0.487. The van der Waals surface area contributed by atoms with E-state index in [0.29, 0.717) is 12.4 Å². The predicted molar refractivity (Wildman–Crippen MR) is 68.4 cm³/mol. The molecule has 1 heterocycles. The molecule has 88 valence electrons. The first kappa shape index (κ1) is 11.7. The molecule has 0 bridgehead atoms. The van der Waals surface area contributed by atoms with Crippen molar-refractivity contribution in [3.8, 4) is 0 Å². The Kier molecular flexibility index (Phi) is 3.14. The van der Waals surface area contributed by atoms with Gasteiger partial charge in [-0.2, -0.15) is 5.10 Å². The van der Waals surface area contributed by atoms with Crippen LogP contribution in [0.2, 0.25) is 0 Å². The first-order chi connectivity index (χ1) is 8.08. The van der Waals surface area contributed by atoms with Crippen LogP contribution in [0.4, 0.5) is 5.82 Å². The van der Waals surface area contributed by atoms with Gasteiger partial charge in [0.1, 0.15) is 5.82 Å². The minimum absolute atomic E-state index is 0.176. The van der Waals surface area contributed by atoms with Gasteiger partial charge in [0.05, 0.1) is 6.54 Å². The number of aromatic nitrogens is 2. The number of nitrogen functional groups attached to an aromatic ring is 1. The standard InChI is InChI=1S/C11H11BrN4O/c12-8-4-2-1-3-7(8)6-16-10(13)5-9(15-16)11(14)17/h1-5H,6,13H2,(H2,14,17). The van der Waals surface area contributed by atoms with Gasteiger partial charge in [-0.05, 0) is 11.6 Å². The third-order valence-corrected chi connectivity index (χ3v) is 3.12. The van der Waals surface area contributed by atoms with Gasteiger partial charge in [-0.25, -0.2) is 4.68 Å². The zero-order valence-corrected chi connectivity index (χ0v) is 10.5. The van der Waals surface area contributed by atoms with Crippen LogP contribution in [0.3, 0.4) is 0 Å². The van der Waals surface area contributed by atoms with Gasteiger partial charge in [-0.15, -0.1) is 0 Å². The summed E-state index contributed by atoms with van der Waals surface area (Å²) in [4.78, 5) is 11.0. The second kappa shape index (κ2) is 4.58. The number of hydrogen-bond donors (Lipinski definition) is 2. The van der Waals surface area contributed by atoms with Crippen molar-refractivity contribution in [2.24, 2.45) is 5.73 Å². The van der Waals surface area contributed by atoms with Gasteiger partial charge in [-0.1, -0.05) is 34.1 Å². The molecule has 0 unspecified atom stereocenters. The van der Waals surface area contributed by atoms with Crippen molar-refractivity contribution >= 4 is 27.7 Å². The monoisotopic (exact) mass is 294 g/mol. The summed E-state index contributed by atoms with van der Waals surface area (Å²) in [5, 5.41) is 4.04. The van der Waals surface area contributed by atoms with Gasteiger partial charge in [0, 0.05) is 10.5 Å². The van der Waals surface area contributed by atoms with Crippen LogP contribution in [0.15, 0.2) is 34.8 Å². The molecule has 1 aromatic heterocycles. The molecule has 2 rings (SSSR count). The second-order valence-electron chi connectivity index (χ2n) is 3.57. The summed E-state index contributed by atoms with van der Waals surface area (Å²) in [6, 6.07) is 9.21. The molecule has 0 fully saturated rings. The molecule has 0 saturated carbocycles. The largest absolute Gasteiger partial charge is 0.384 e. The number of primary amides is 1. The van der Waals surface area contributed by atoms with Gasteiger partial charge < -0.3 is 11.5 Å². The van der Waals surface area contributed by atoms with E-state index in [4.69, 9.17) is 11.5 Å². The van der Waals surface area contributed by atoms with Crippen LogP contribution in [-0.4, -0.2) is 15.7 Å². The average Bonchev–Trinajstić information content (AvgIpc) is 2.64. The van der Waals surface area contributed by atoms with Crippen molar-refractivity contribution in [3.05, 3.63) is 46.1 Å². The third-order valence-electron chi connectivity index (χ3n) is 2.34. The van der Waals surface area contributed by atoms with Gasteiger partial charge in [0.2, 0.25) is 0 Å². The molecule has 0 aliphatic heterocycles. The number of nitrogens with two attached hydrogens (primary N) is 2. The van der Waals surface area contributed by atoms with Crippen molar-refractivity contribution in [3.63, 3.8) is 0 Å². The van der Waals surface area contributed by atoms with Crippen LogP contribution in [0.5, 0.6) is 0 Å². The number of carbonyl (C=O) groups is 1. The zero-order valence-electron chi connectivity index (χ0n) is 8.93. The summed E-state index contributed by atoms with van der Waals surface area (Å²) in [6.07, 6.45) is 0. The third kappa shape index (κ3) is 2.47. The van der Waals surface area contributed by atoms with E-state index in [2.05, 4.69) is 21.0 Å². The normalized spacial score (nSPS) is 10.4. The molecule has 0 spiro atoms. The van der Waals surface area contributed by atoms with E-state index in [9.17, 15) is 4.79 Å². The highest BCUT2D eigenvalue weighted by Gasteiger charge is 2.10. The Bertz CT molecular complexity index is 564. The molecule has 6 heteroatoms. The number of amides is 1. The maximum atomic E-state index is 11.0. The highest BCUT2D eigenvalue weighted by atomic mass is 79.9. The van der Waals surface area contributed by atoms with Crippen molar-refractivity contribution < 1.29 is 4.79 Å². The van der Waals surface area contributed by atoms with Gasteiger partial charge >= 0.3 is 0 Å². The molecule has 0 aliphatic carbocycles. The zero-order chi connectivity index (χ0) is 12.4. The van der Waals surface area contributed by atoms with E-state index in [0.717, 1.165) is 10.0 Å². The van der Waals surface area contributed by atoms with Crippen LogP contribution in [0.1, 0.15) is 16.1 Å². The lowest BCUT2D eigenvalue weighted by Crippen LogP contribution is -2.13. The van der Waals surface area contributed by atoms with Crippen LogP contribution in [0.25, 0.3) is 0 Å². The minimum atomic E-state index is -0.581. The fraction of sp³-hybridized carbons (Fsp3) is 0.0909. The SMILES string of the molecule is NC(=O)c1cc(N)n(Cc2ccccc2Br)n1. The highest BCUT2D eigenvalue weighted by molar-refractivity contribution is 9.10. The van der Waals surface area contributed by atoms with E-state index in [1.807, 2.05) is 24.3 Å². The Morgan fingerprint density at radius 1 is 1.41 bits per heavy atom. The maximum absolute atomic E-state index is 11.0. The quantitative estimate of drug-likeness (QED) is 0.896. The summed E-state index contributed by atoms with van der Waals surface area (Å²) in [7, 11) is 0. The average molecular weight is 295 g/mol. The summed E-state index contributed by atoms with van der Waals surface area (Å²) < 4.78 is 2.51. The number of nitrogens with zero attached hydrogens (tertiary/aromatic N) is 2. The first-order valence-electron chi connectivity index (χ1n) is 4.94. The number of benzene rings is 1. The van der Waals surface area contributed by atoms with Gasteiger partial charge in [0.15, 0.2) is 5.69 Å². The lowest BCUT2D eigenvalue weighted by atomic mass is 10.2. The molecule has 2 aromatic rings. The molecular weight excluding hydrogens is 284 g/mol. The molecule has 1 aromatic carbocycles. The fourth-order valence-electron chi connectivity index (χ4n) is 1.47. The van der Waals surface area contributed by atoms with E-state index >= 15 is 0 Å². The van der Waals surface area contributed by atoms with E-state index < -0.39 is 5.91 Å². The highest BCUT2D eigenvalue weighted by Crippen LogP contribution is 2.18. The number of rotatable bonds is 3. The van der Waals surface area contributed by atoms with Crippen LogP contribution in [-0.2, 0) is 6.54 Å². The number of carbonyl (C=O) groups excluding carboxylic acids is 1. The van der Waals surface area contributed by atoms with Crippen molar-refractivity contribution in [2.75, 3.05) is 5.73 Å². The molecule has 5 nitrogen and oxygen atoms in total. The van der Waals surface area contributed by atoms with Crippen molar-refractivity contribution in [1.82, 2.24) is 9.78 Å². The molecule has 0 aliphatic rings. The Morgan fingerprint density at radius 2 is 2.12 bits per heavy atom. The fourth-order valence-corrected chi connectivity index (χ4v) is 1.88. The minimum Gasteiger partial charge on any atom is -0.384 e. The van der Waals surface area contributed by atoms with Crippen molar-refractivity contribution in [2.45, 2.75) is 6.54 Å². The molecule has 0 atom stereocenters. The Morgan fingerprint density at radius 3 is 2.71 bits per heavy atom. The van der Waals surface area contributed by atoms with Crippen LogP contribution >= 0.6 is 15.9 Å². The smallest absolute Gasteiger partial charge is 0.269 e. The maximum Gasteiger partial charge on any atom is 0.269 e. The topological polar surface area (TPSA) is 86.9 Å². The summed E-state index contributed by atoms with van der Waals surface area (Å²) in [5.74, 6) is -0.169. The van der Waals surface area contributed by atoms with E-state index in [1.54, 1.807) is 4.68 Å². The lowest BCUT2D eigenvalue weighted by Gasteiger charge is -2.05.